The molecule has 0 atom stereocenters. The Morgan fingerprint density at radius 2 is 1.75 bits per heavy atom. The van der Waals surface area contributed by atoms with Crippen molar-refractivity contribution in [1.82, 2.24) is 19.8 Å². The molecule has 146 valence electrons. The number of H-pyrrole nitrogens is 1. The van der Waals surface area contributed by atoms with Crippen molar-refractivity contribution in [2.75, 3.05) is 27.2 Å². The van der Waals surface area contributed by atoms with E-state index in [9.17, 15) is 14.4 Å². The Morgan fingerprint density at radius 3 is 2.46 bits per heavy atom. The maximum atomic E-state index is 12.4. The van der Waals surface area contributed by atoms with Gasteiger partial charge in [-0.25, -0.2) is 0 Å². The summed E-state index contributed by atoms with van der Waals surface area (Å²) in [5.74, 6) is -0.153. The number of hydrogen-bond donors (Lipinski definition) is 2. The molecule has 0 bridgehead atoms. The minimum absolute atomic E-state index is 0.153. The van der Waals surface area contributed by atoms with Crippen molar-refractivity contribution in [3.8, 4) is 5.69 Å². The van der Waals surface area contributed by atoms with Crippen LogP contribution in [0.5, 0.6) is 0 Å². The van der Waals surface area contributed by atoms with E-state index in [0.717, 1.165) is 19.4 Å². The fourth-order valence-electron chi connectivity index (χ4n) is 3.04. The molecule has 0 unspecified atom stereocenters. The molecule has 1 amide bonds. The first-order valence-corrected chi connectivity index (χ1v) is 9.25. The molecule has 0 fully saturated rings. The number of para-hydroxylation sites is 2. The molecule has 1 heterocycles. The first kappa shape index (κ1) is 19.6. The lowest BCUT2D eigenvalue weighted by Crippen LogP contribution is -2.35. The highest BCUT2D eigenvalue weighted by Gasteiger charge is 2.10. The van der Waals surface area contributed by atoms with Gasteiger partial charge in [0.05, 0.1) is 11.0 Å². The second-order valence-electron chi connectivity index (χ2n) is 6.92. The standard InChI is InChI=1S/C21H24N4O3/c1-24(2)14-6-5-13-22-19(26)15-9-11-16(12-10-15)25-18-8-4-3-7-17(18)23-20(27)21(25)28/h3-4,7-12H,5-6,13-14H2,1-2H3,(H,22,26)(H,23,27). The number of hydrogen-bond acceptors (Lipinski definition) is 4. The Kier molecular flexibility index (Phi) is 6.06. The minimum atomic E-state index is -0.682. The third-order valence-corrected chi connectivity index (χ3v) is 4.50. The zero-order chi connectivity index (χ0) is 20.1. The molecule has 1 aromatic heterocycles. The molecular formula is C21H24N4O3. The predicted molar refractivity (Wildman–Crippen MR) is 110 cm³/mol. The summed E-state index contributed by atoms with van der Waals surface area (Å²) in [5, 5.41) is 2.90. The molecule has 2 N–H and O–H groups in total. The summed E-state index contributed by atoms with van der Waals surface area (Å²) in [6.07, 6.45) is 1.93. The predicted octanol–water partition coefficient (Wildman–Crippen LogP) is 1.75. The van der Waals surface area contributed by atoms with Crippen LogP contribution in [-0.2, 0) is 0 Å². The average molecular weight is 380 g/mol. The van der Waals surface area contributed by atoms with E-state index in [0.29, 0.717) is 28.8 Å². The number of carbonyl (C=O) groups is 1. The van der Waals surface area contributed by atoms with Crippen molar-refractivity contribution in [3.63, 3.8) is 0 Å². The van der Waals surface area contributed by atoms with Gasteiger partial charge >= 0.3 is 11.1 Å². The molecule has 0 spiro atoms. The summed E-state index contributed by atoms with van der Waals surface area (Å²) < 4.78 is 1.36. The lowest BCUT2D eigenvalue weighted by molar-refractivity contribution is 0.0953. The van der Waals surface area contributed by atoms with Crippen LogP contribution in [0.25, 0.3) is 16.7 Å². The van der Waals surface area contributed by atoms with E-state index in [1.54, 1.807) is 48.5 Å². The fourth-order valence-corrected chi connectivity index (χ4v) is 3.04. The van der Waals surface area contributed by atoms with Crippen molar-refractivity contribution in [3.05, 3.63) is 74.8 Å². The van der Waals surface area contributed by atoms with Gasteiger partial charge in [0.2, 0.25) is 0 Å². The smallest absolute Gasteiger partial charge is 0.321 e. The highest BCUT2D eigenvalue weighted by Crippen LogP contribution is 2.14. The van der Waals surface area contributed by atoms with Crippen LogP contribution in [-0.4, -0.2) is 47.5 Å². The summed E-state index contributed by atoms with van der Waals surface area (Å²) in [7, 11) is 4.05. The van der Waals surface area contributed by atoms with Crippen molar-refractivity contribution in [1.29, 1.82) is 0 Å². The topological polar surface area (TPSA) is 87.2 Å². The Bertz CT molecular complexity index is 1080. The average Bonchev–Trinajstić information content (AvgIpc) is 2.68. The number of fused-ring (bicyclic) bond motifs is 1. The van der Waals surface area contributed by atoms with Crippen LogP contribution in [0.15, 0.2) is 58.1 Å². The van der Waals surface area contributed by atoms with Crippen molar-refractivity contribution in [2.45, 2.75) is 12.8 Å². The minimum Gasteiger partial charge on any atom is -0.352 e. The lowest BCUT2D eigenvalue weighted by Gasteiger charge is -2.11. The second kappa shape index (κ2) is 8.67. The highest BCUT2D eigenvalue weighted by atomic mass is 16.2. The number of unbranched alkanes of at least 4 members (excludes halogenated alkanes) is 1. The number of carbonyl (C=O) groups excluding carboxylic acids is 1. The molecule has 2 aromatic carbocycles. The summed E-state index contributed by atoms with van der Waals surface area (Å²) in [6.45, 7) is 1.61. The van der Waals surface area contributed by atoms with Gasteiger partial charge in [0, 0.05) is 17.8 Å². The van der Waals surface area contributed by atoms with Crippen LogP contribution >= 0.6 is 0 Å². The first-order valence-electron chi connectivity index (χ1n) is 9.25. The summed E-state index contributed by atoms with van der Waals surface area (Å²) in [4.78, 5) is 41.3. The monoisotopic (exact) mass is 380 g/mol. The number of rotatable bonds is 7. The third kappa shape index (κ3) is 4.37. The van der Waals surface area contributed by atoms with Crippen LogP contribution in [0.2, 0.25) is 0 Å². The van der Waals surface area contributed by atoms with Gasteiger partial charge in [0.1, 0.15) is 0 Å². The molecule has 0 radical (unpaired) electrons. The van der Waals surface area contributed by atoms with Gasteiger partial charge < -0.3 is 15.2 Å². The van der Waals surface area contributed by atoms with Crippen LogP contribution in [0.3, 0.4) is 0 Å². The van der Waals surface area contributed by atoms with E-state index in [4.69, 9.17) is 0 Å². The lowest BCUT2D eigenvalue weighted by atomic mass is 10.1. The molecule has 3 rings (SSSR count). The van der Waals surface area contributed by atoms with Crippen LogP contribution in [0.4, 0.5) is 0 Å². The summed E-state index contributed by atoms with van der Waals surface area (Å²) >= 11 is 0. The van der Waals surface area contributed by atoms with E-state index < -0.39 is 11.1 Å². The van der Waals surface area contributed by atoms with Gasteiger partial charge in [-0.05, 0) is 69.9 Å². The second-order valence-corrected chi connectivity index (χ2v) is 6.92. The van der Waals surface area contributed by atoms with Crippen molar-refractivity contribution >= 4 is 16.9 Å². The number of amides is 1. The number of aromatic nitrogens is 2. The van der Waals surface area contributed by atoms with Crippen LogP contribution in [0.1, 0.15) is 23.2 Å². The fraction of sp³-hybridized carbons (Fsp3) is 0.286. The van der Waals surface area contributed by atoms with E-state index >= 15 is 0 Å². The van der Waals surface area contributed by atoms with Gasteiger partial charge in [0.15, 0.2) is 0 Å². The molecule has 7 heteroatoms. The maximum absolute atomic E-state index is 12.4. The quantitative estimate of drug-likeness (QED) is 0.483. The molecule has 0 saturated carbocycles. The Labute approximate surface area is 162 Å². The SMILES string of the molecule is CN(C)CCCCNC(=O)c1ccc(-n2c(=O)c(=O)[nH]c3ccccc32)cc1. The highest BCUT2D eigenvalue weighted by molar-refractivity contribution is 5.94. The van der Waals surface area contributed by atoms with Gasteiger partial charge in [-0.2, -0.15) is 0 Å². The number of nitrogens with one attached hydrogen (secondary N) is 2. The van der Waals surface area contributed by atoms with Gasteiger partial charge in [0.25, 0.3) is 5.91 Å². The van der Waals surface area contributed by atoms with E-state index in [2.05, 4.69) is 15.2 Å². The number of aromatic amines is 1. The van der Waals surface area contributed by atoms with Crippen molar-refractivity contribution in [2.24, 2.45) is 0 Å². The van der Waals surface area contributed by atoms with Gasteiger partial charge in [-0.15, -0.1) is 0 Å². The molecular weight excluding hydrogens is 356 g/mol. The number of nitrogens with zero attached hydrogens (tertiary/aromatic N) is 2. The molecule has 7 nitrogen and oxygen atoms in total. The van der Waals surface area contributed by atoms with Crippen molar-refractivity contribution < 1.29 is 4.79 Å². The molecule has 0 saturated heterocycles. The van der Waals surface area contributed by atoms with E-state index in [-0.39, 0.29) is 5.91 Å². The molecule has 0 aliphatic rings. The third-order valence-electron chi connectivity index (χ3n) is 4.50. The first-order chi connectivity index (χ1) is 13.5. The summed E-state index contributed by atoms with van der Waals surface area (Å²) in [5.41, 5.74) is 0.889. The molecule has 0 aliphatic heterocycles. The zero-order valence-corrected chi connectivity index (χ0v) is 16.1. The Balaban J connectivity index is 1.78. The van der Waals surface area contributed by atoms with Crippen LogP contribution in [0, 0.1) is 0 Å². The van der Waals surface area contributed by atoms with Gasteiger partial charge in [-0.3, -0.25) is 19.0 Å². The zero-order valence-electron chi connectivity index (χ0n) is 16.1. The summed E-state index contributed by atoms with van der Waals surface area (Å²) in [6, 6.07) is 13.8. The van der Waals surface area contributed by atoms with Crippen LogP contribution < -0.4 is 16.4 Å². The normalized spacial score (nSPS) is 11.1. The Hall–Kier alpha value is -3.19. The number of benzene rings is 2. The molecule has 3 aromatic rings. The van der Waals surface area contributed by atoms with E-state index in [1.807, 2.05) is 14.1 Å². The maximum Gasteiger partial charge on any atom is 0.321 e. The van der Waals surface area contributed by atoms with E-state index in [1.165, 1.54) is 4.57 Å². The van der Waals surface area contributed by atoms with Gasteiger partial charge in [-0.1, -0.05) is 12.1 Å². The Morgan fingerprint density at radius 1 is 1.04 bits per heavy atom. The molecule has 0 aliphatic carbocycles. The molecule has 28 heavy (non-hydrogen) atoms. The largest absolute Gasteiger partial charge is 0.352 e.